The molecule has 1 aromatic rings. The number of nitrogens with zero attached hydrogens (tertiary/aromatic N) is 2. The van der Waals surface area contributed by atoms with Crippen molar-refractivity contribution in [3.63, 3.8) is 0 Å². The van der Waals surface area contributed by atoms with E-state index < -0.39 is 0 Å². The molecule has 0 spiro atoms. The lowest BCUT2D eigenvalue weighted by atomic mass is 9.89. The Labute approximate surface area is 116 Å². The monoisotopic (exact) mass is 261 g/mol. The van der Waals surface area contributed by atoms with Gasteiger partial charge in [0.1, 0.15) is 0 Å². The number of imidazole rings is 1. The second kappa shape index (κ2) is 5.98. The Morgan fingerprint density at radius 1 is 1.11 bits per heavy atom. The average molecular weight is 261 g/mol. The van der Waals surface area contributed by atoms with E-state index in [4.69, 9.17) is 4.98 Å². The molecule has 106 valence electrons. The summed E-state index contributed by atoms with van der Waals surface area (Å²) in [6.45, 7) is 3.27. The van der Waals surface area contributed by atoms with E-state index in [1.165, 1.54) is 57.8 Å². The van der Waals surface area contributed by atoms with Crippen LogP contribution in [0.3, 0.4) is 0 Å². The van der Waals surface area contributed by atoms with Gasteiger partial charge in [0.15, 0.2) is 0 Å². The largest absolute Gasteiger partial charge is 0.353 e. The topological polar surface area (TPSA) is 29.9 Å². The Morgan fingerprint density at radius 2 is 1.79 bits per heavy atom. The van der Waals surface area contributed by atoms with E-state index in [1.54, 1.807) is 0 Å². The van der Waals surface area contributed by atoms with Crippen molar-refractivity contribution in [1.29, 1.82) is 0 Å². The quantitative estimate of drug-likeness (QED) is 0.883. The highest BCUT2D eigenvalue weighted by atomic mass is 15.2. The van der Waals surface area contributed by atoms with Gasteiger partial charge in [0.05, 0.1) is 5.69 Å². The molecule has 1 N–H and O–H groups in total. The molecule has 0 radical (unpaired) electrons. The van der Waals surface area contributed by atoms with Gasteiger partial charge in [-0.15, -0.1) is 0 Å². The summed E-state index contributed by atoms with van der Waals surface area (Å²) in [6.07, 6.45) is 14.7. The number of anilines is 1. The van der Waals surface area contributed by atoms with Crippen LogP contribution in [0.1, 0.15) is 63.5 Å². The van der Waals surface area contributed by atoms with Gasteiger partial charge in [-0.05, 0) is 38.5 Å². The third-order valence-electron chi connectivity index (χ3n) is 4.77. The van der Waals surface area contributed by atoms with Crippen LogP contribution < -0.4 is 5.32 Å². The molecule has 0 aromatic carbocycles. The smallest absolute Gasteiger partial charge is 0.203 e. The maximum absolute atomic E-state index is 4.69. The molecule has 0 unspecified atom stereocenters. The fourth-order valence-electron chi connectivity index (χ4n) is 3.70. The van der Waals surface area contributed by atoms with Gasteiger partial charge in [-0.3, -0.25) is 0 Å². The van der Waals surface area contributed by atoms with E-state index in [2.05, 4.69) is 23.0 Å². The van der Waals surface area contributed by atoms with Crippen LogP contribution in [0.15, 0.2) is 6.20 Å². The number of nitrogens with one attached hydrogen (secondary N) is 1. The van der Waals surface area contributed by atoms with Crippen molar-refractivity contribution in [3.8, 4) is 0 Å². The Kier molecular flexibility index (Phi) is 4.09. The SMILES string of the molecule is Cc1cn(CC2CCCCC2)c(NC2CCCC2)n1. The van der Waals surface area contributed by atoms with Crippen molar-refractivity contribution < 1.29 is 0 Å². The second-order valence-electron chi connectivity index (χ2n) is 6.49. The number of aryl methyl sites for hydroxylation is 1. The number of hydrogen-bond acceptors (Lipinski definition) is 2. The van der Waals surface area contributed by atoms with Crippen LogP contribution in [0.4, 0.5) is 5.95 Å². The van der Waals surface area contributed by atoms with Gasteiger partial charge in [-0.2, -0.15) is 0 Å². The molecular weight excluding hydrogens is 234 g/mol. The van der Waals surface area contributed by atoms with Crippen LogP contribution in [-0.2, 0) is 6.54 Å². The normalized spacial score (nSPS) is 21.9. The van der Waals surface area contributed by atoms with E-state index in [0.717, 1.165) is 24.1 Å². The van der Waals surface area contributed by atoms with Crippen molar-refractivity contribution in [1.82, 2.24) is 9.55 Å². The molecule has 0 atom stereocenters. The zero-order chi connectivity index (χ0) is 13.1. The Hall–Kier alpha value is -0.990. The first kappa shape index (κ1) is 13.0. The molecule has 2 saturated carbocycles. The van der Waals surface area contributed by atoms with Crippen molar-refractivity contribution in [2.45, 2.75) is 77.3 Å². The molecule has 0 saturated heterocycles. The lowest BCUT2D eigenvalue weighted by Gasteiger charge is -2.23. The molecule has 2 aliphatic rings. The minimum atomic E-state index is 0.659. The van der Waals surface area contributed by atoms with E-state index >= 15 is 0 Å². The molecule has 1 aromatic heterocycles. The van der Waals surface area contributed by atoms with E-state index in [1.807, 2.05) is 0 Å². The van der Waals surface area contributed by atoms with Gasteiger partial charge in [-0.25, -0.2) is 4.98 Å². The zero-order valence-corrected chi connectivity index (χ0v) is 12.2. The number of aromatic nitrogens is 2. The lowest BCUT2D eigenvalue weighted by molar-refractivity contribution is 0.320. The summed E-state index contributed by atoms with van der Waals surface area (Å²) in [4.78, 5) is 4.69. The molecule has 3 rings (SSSR count). The molecule has 3 nitrogen and oxygen atoms in total. The molecule has 2 aliphatic carbocycles. The average Bonchev–Trinajstić information content (AvgIpc) is 3.02. The Bertz CT molecular complexity index is 398. The van der Waals surface area contributed by atoms with Crippen LogP contribution in [0.25, 0.3) is 0 Å². The van der Waals surface area contributed by atoms with Crippen LogP contribution >= 0.6 is 0 Å². The van der Waals surface area contributed by atoms with Gasteiger partial charge in [0, 0.05) is 18.8 Å². The molecular formula is C16H27N3. The molecule has 1 heterocycles. The van der Waals surface area contributed by atoms with Gasteiger partial charge < -0.3 is 9.88 Å². The Morgan fingerprint density at radius 3 is 2.53 bits per heavy atom. The molecule has 0 bridgehead atoms. The fraction of sp³-hybridized carbons (Fsp3) is 0.812. The summed E-state index contributed by atoms with van der Waals surface area (Å²) in [5.41, 5.74) is 1.15. The predicted molar refractivity (Wildman–Crippen MR) is 79.4 cm³/mol. The minimum Gasteiger partial charge on any atom is -0.353 e. The minimum absolute atomic E-state index is 0.659. The van der Waals surface area contributed by atoms with Crippen molar-refractivity contribution in [2.24, 2.45) is 5.92 Å². The van der Waals surface area contributed by atoms with Gasteiger partial charge >= 0.3 is 0 Å². The maximum atomic E-state index is 4.69. The second-order valence-corrected chi connectivity index (χ2v) is 6.49. The van der Waals surface area contributed by atoms with Gasteiger partial charge in [0.2, 0.25) is 5.95 Å². The summed E-state index contributed by atoms with van der Waals surface area (Å²) in [5, 5.41) is 3.67. The first-order valence-electron chi connectivity index (χ1n) is 8.11. The van der Waals surface area contributed by atoms with E-state index in [-0.39, 0.29) is 0 Å². The van der Waals surface area contributed by atoms with Gasteiger partial charge in [-0.1, -0.05) is 32.1 Å². The third-order valence-corrected chi connectivity index (χ3v) is 4.77. The number of rotatable bonds is 4. The molecule has 0 aliphatic heterocycles. The van der Waals surface area contributed by atoms with Gasteiger partial charge in [0.25, 0.3) is 0 Å². The molecule has 2 fully saturated rings. The highest BCUT2D eigenvalue weighted by Gasteiger charge is 2.19. The lowest BCUT2D eigenvalue weighted by Crippen LogP contribution is -2.20. The highest BCUT2D eigenvalue weighted by Crippen LogP contribution is 2.27. The predicted octanol–water partition coefficient (Wildman–Crippen LogP) is 4.13. The maximum Gasteiger partial charge on any atom is 0.203 e. The third kappa shape index (κ3) is 3.31. The van der Waals surface area contributed by atoms with Crippen LogP contribution in [0.2, 0.25) is 0 Å². The van der Waals surface area contributed by atoms with Crippen molar-refractivity contribution >= 4 is 5.95 Å². The highest BCUT2D eigenvalue weighted by molar-refractivity contribution is 5.30. The summed E-state index contributed by atoms with van der Waals surface area (Å²) in [5.74, 6) is 1.99. The molecule has 19 heavy (non-hydrogen) atoms. The Balaban J connectivity index is 1.65. The van der Waals surface area contributed by atoms with Crippen molar-refractivity contribution in [3.05, 3.63) is 11.9 Å². The summed E-state index contributed by atoms with van der Waals surface area (Å²) < 4.78 is 2.38. The zero-order valence-electron chi connectivity index (χ0n) is 12.2. The first-order chi connectivity index (χ1) is 9.31. The molecule has 0 amide bonds. The first-order valence-corrected chi connectivity index (χ1v) is 8.11. The summed E-state index contributed by atoms with van der Waals surface area (Å²) >= 11 is 0. The fourth-order valence-corrected chi connectivity index (χ4v) is 3.70. The summed E-state index contributed by atoms with van der Waals surface area (Å²) in [6, 6.07) is 0.659. The van der Waals surface area contributed by atoms with Crippen LogP contribution in [0.5, 0.6) is 0 Å². The van der Waals surface area contributed by atoms with E-state index in [9.17, 15) is 0 Å². The standard InChI is InChI=1S/C16H27N3/c1-13-11-19(12-14-7-3-2-4-8-14)16(17-13)18-15-9-5-6-10-15/h11,14-15H,2-10,12H2,1H3,(H,17,18). The van der Waals surface area contributed by atoms with Crippen LogP contribution in [0, 0.1) is 12.8 Å². The van der Waals surface area contributed by atoms with E-state index in [0.29, 0.717) is 6.04 Å². The molecule has 3 heteroatoms. The number of hydrogen-bond donors (Lipinski definition) is 1. The van der Waals surface area contributed by atoms with Crippen molar-refractivity contribution in [2.75, 3.05) is 5.32 Å². The summed E-state index contributed by atoms with van der Waals surface area (Å²) in [7, 11) is 0. The van der Waals surface area contributed by atoms with Crippen LogP contribution in [-0.4, -0.2) is 15.6 Å².